The molecule has 364 valence electrons. The summed E-state index contributed by atoms with van der Waals surface area (Å²) in [6.07, 6.45) is -14.7. The second kappa shape index (κ2) is 18.3. The lowest BCUT2D eigenvalue weighted by atomic mass is 9.43. The fraction of sp³-hybridized carbons (Fsp3) is 1.00. The minimum absolute atomic E-state index is 0.0435. The second-order valence-electron chi connectivity index (χ2n) is 21.6. The fourth-order valence-corrected chi connectivity index (χ4v) is 14.1. The maximum absolute atomic E-state index is 12.2. The number of aliphatic hydroxyl groups is 11. The van der Waals surface area contributed by atoms with Crippen molar-refractivity contribution in [3.63, 3.8) is 0 Å². The summed E-state index contributed by atoms with van der Waals surface area (Å²) in [5.74, 6) is -0.753. The van der Waals surface area contributed by atoms with Crippen molar-refractivity contribution in [1.82, 2.24) is 0 Å². The Balaban J connectivity index is 0.945. The highest BCUT2D eigenvalue weighted by Gasteiger charge is 2.69. The van der Waals surface area contributed by atoms with Gasteiger partial charge in [-0.15, -0.1) is 0 Å². The standard InChI is InChI=1S/C45H76O18/c1-18(17-57-40-36(53)35(52)33(50)29(16-46)61-40)7-12-45(56)19(2)30-28(63-45)15-25-23-14-27(26-13-22(47)8-10-43(26,5)24(23)9-11-44(25,30)6)60-42-38(55)39(32(49)21(4)59-42)62-41-37(54)34(51)31(48)20(3)58-41/h18-42,46-56H,7-17H2,1-6H3/t18-,19-,20-,21+,22+,23+,24-,25-,26+,27-,28-,29+,30-,31-,32+,33-,34+,35-,36+,37-,38+,39-,40+,41-,42-,43+,44-,45+/m0/s1. The van der Waals surface area contributed by atoms with Crippen molar-refractivity contribution in [2.75, 3.05) is 13.2 Å². The predicted molar refractivity (Wildman–Crippen MR) is 218 cm³/mol. The van der Waals surface area contributed by atoms with Gasteiger partial charge in [-0.3, -0.25) is 0 Å². The monoisotopic (exact) mass is 905 g/mol. The van der Waals surface area contributed by atoms with Crippen LogP contribution in [0.25, 0.3) is 0 Å². The predicted octanol–water partition coefficient (Wildman–Crippen LogP) is -0.753. The third kappa shape index (κ3) is 8.49. The van der Waals surface area contributed by atoms with Gasteiger partial charge in [-0.25, -0.2) is 0 Å². The molecule has 8 aliphatic rings. The van der Waals surface area contributed by atoms with Crippen LogP contribution in [-0.2, 0) is 33.2 Å². The average Bonchev–Trinajstić information content (AvgIpc) is 3.68. The first-order chi connectivity index (χ1) is 29.6. The lowest BCUT2D eigenvalue weighted by molar-refractivity contribution is -0.363. The fourth-order valence-electron chi connectivity index (χ4n) is 14.1. The van der Waals surface area contributed by atoms with Crippen LogP contribution in [0.5, 0.6) is 0 Å². The molecule has 4 aliphatic carbocycles. The zero-order valence-electron chi connectivity index (χ0n) is 37.5. The van der Waals surface area contributed by atoms with E-state index < -0.39 is 117 Å². The molecule has 4 heterocycles. The van der Waals surface area contributed by atoms with E-state index in [4.69, 9.17) is 33.2 Å². The number of aliphatic hydroxyl groups excluding tert-OH is 10. The molecule has 18 heteroatoms. The van der Waals surface area contributed by atoms with Gasteiger partial charge < -0.3 is 89.3 Å². The molecular formula is C45H76O18. The molecule has 0 amide bonds. The Bertz CT molecular complexity index is 1560. The van der Waals surface area contributed by atoms with Gasteiger partial charge in [-0.05, 0) is 112 Å². The molecule has 18 nitrogen and oxygen atoms in total. The number of fused-ring (bicyclic) bond motifs is 7. The molecule has 8 fully saturated rings. The van der Waals surface area contributed by atoms with Crippen LogP contribution in [0, 0.1) is 52.3 Å². The lowest BCUT2D eigenvalue weighted by Gasteiger charge is -2.63. The molecule has 0 radical (unpaired) electrons. The van der Waals surface area contributed by atoms with Crippen molar-refractivity contribution in [3.05, 3.63) is 0 Å². The minimum Gasteiger partial charge on any atom is -0.394 e. The molecule has 0 unspecified atom stereocenters. The van der Waals surface area contributed by atoms with Crippen molar-refractivity contribution in [1.29, 1.82) is 0 Å². The molecule has 0 aromatic rings. The first-order valence-electron chi connectivity index (χ1n) is 23.7. The van der Waals surface area contributed by atoms with E-state index in [-0.39, 0.29) is 59.0 Å². The van der Waals surface area contributed by atoms with Crippen molar-refractivity contribution in [3.8, 4) is 0 Å². The van der Waals surface area contributed by atoms with Gasteiger partial charge >= 0.3 is 0 Å². The van der Waals surface area contributed by atoms with E-state index in [2.05, 4.69) is 20.8 Å². The second-order valence-corrected chi connectivity index (χ2v) is 21.6. The highest BCUT2D eigenvalue weighted by Crippen LogP contribution is 2.71. The van der Waals surface area contributed by atoms with E-state index in [0.717, 1.165) is 25.7 Å². The van der Waals surface area contributed by atoms with E-state index in [1.807, 2.05) is 6.92 Å². The molecule has 0 bridgehead atoms. The van der Waals surface area contributed by atoms with Crippen LogP contribution in [-0.4, -0.2) is 186 Å². The van der Waals surface area contributed by atoms with E-state index >= 15 is 0 Å². The van der Waals surface area contributed by atoms with Gasteiger partial charge in [-0.2, -0.15) is 0 Å². The molecule has 11 N–H and O–H groups in total. The van der Waals surface area contributed by atoms with Gasteiger partial charge in [-0.1, -0.05) is 27.7 Å². The summed E-state index contributed by atoms with van der Waals surface area (Å²) in [5, 5.41) is 118. The maximum Gasteiger partial charge on any atom is 0.187 e. The van der Waals surface area contributed by atoms with Gasteiger partial charge in [0, 0.05) is 12.3 Å². The largest absolute Gasteiger partial charge is 0.394 e. The maximum atomic E-state index is 12.2. The minimum atomic E-state index is -1.64. The number of hydrogen-bond donors (Lipinski definition) is 11. The third-order valence-electron chi connectivity index (χ3n) is 17.9. The van der Waals surface area contributed by atoms with Gasteiger partial charge in [0.15, 0.2) is 24.7 Å². The smallest absolute Gasteiger partial charge is 0.187 e. The first-order valence-corrected chi connectivity index (χ1v) is 23.7. The Morgan fingerprint density at radius 3 is 1.98 bits per heavy atom. The van der Waals surface area contributed by atoms with Crippen LogP contribution < -0.4 is 0 Å². The lowest BCUT2D eigenvalue weighted by Crippen LogP contribution is -2.64. The summed E-state index contributed by atoms with van der Waals surface area (Å²) >= 11 is 0. The van der Waals surface area contributed by atoms with Gasteiger partial charge in [0.25, 0.3) is 0 Å². The molecule has 4 saturated heterocycles. The Labute approximate surface area is 369 Å². The highest BCUT2D eigenvalue weighted by molar-refractivity contribution is 5.16. The van der Waals surface area contributed by atoms with Crippen LogP contribution >= 0.6 is 0 Å². The SMILES string of the molecule is C[C@@H](CC[C@@]1(O)O[C@H]2C[C@H]3[C@@H]4C[C@H](O[C@@H]5O[C@H](C)[C@@H](O)[C@H](O[C@@H]6O[C@@H](C)[C@H](O)[C@@H](O)[C@@H]6O)[C@H]5O)[C@H]5C[C@H](O)CC[C@]5(C)[C@H]4CC[C@]3(C)[C@H]2[C@@H]1C)CO[C@@H]1O[C@H](CO)[C@H](O)[C@H](O)[C@H]1O. The molecule has 0 aromatic heterocycles. The Hall–Kier alpha value is -0.720. The van der Waals surface area contributed by atoms with E-state index in [1.165, 1.54) is 6.92 Å². The summed E-state index contributed by atoms with van der Waals surface area (Å²) in [6.45, 7) is 11.5. The number of ether oxygens (including phenoxy) is 7. The summed E-state index contributed by atoms with van der Waals surface area (Å²) in [5.41, 5.74) is -0.329. The summed E-state index contributed by atoms with van der Waals surface area (Å²) in [7, 11) is 0. The van der Waals surface area contributed by atoms with E-state index in [9.17, 15) is 56.2 Å². The normalized spacial score (nSPS) is 57.5. The summed E-state index contributed by atoms with van der Waals surface area (Å²) in [4.78, 5) is 0. The zero-order valence-corrected chi connectivity index (χ0v) is 37.5. The molecule has 0 spiro atoms. The van der Waals surface area contributed by atoms with Gasteiger partial charge in [0.1, 0.15) is 61.0 Å². The number of rotatable bonds is 11. The topological polar surface area (TPSA) is 287 Å². The Morgan fingerprint density at radius 2 is 1.29 bits per heavy atom. The summed E-state index contributed by atoms with van der Waals surface area (Å²) < 4.78 is 42.7. The van der Waals surface area contributed by atoms with Gasteiger partial charge in [0.2, 0.25) is 0 Å². The van der Waals surface area contributed by atoms with Crippen molar-refractivity contribution < 1.29 is 89.3 Å². The quantitative estimate of drug-likeness (QED) is 0.114. The highest BCUT2D eigenvalue weighted by atomic mass is 16.7. The zero-order chi connectivity index (χ0) is 45.7. The van der Waals surface area contributed by atoms with Crippen LogP contribution in [0.2, 0.25) is 0 Å². The molecule has 4 aliphatic heterocycles. The molecule has 63 heavy (non-hydrogen) atoms. The van der Waals surface area contributed by atoms with Crippen molar-refractivity contribution in [2.45, 2.75) is 216 Å². The van der Waals surface area contributed by atoms with E-state index in [0.29, 0.717) is 38.0 Å². The van der Waals surface area contributed by atoms with Crippen molar-refractivity contribution in [2.24, 2.45) is 52.3 Å². The number of hydrogen-bond acceptors (Lipinski definition) is 18. The molecule has 4 saturated carbocycles. The van der Waals surface area contributed by atoms with Crippen LogP contribution in [0.3, 0.4) is 0 Å². The van der Waals surface area contributed by atoms with E-state index in [1.54, 1.807) is 6.92 Å². The first kappa shape index (κ1) is 48.7. The van der Waals surface area contributed by atoms with Gasteiger partial charge in [0.05, 0.1) is 43.7 Å². The molecule has 28 atom stereocenters. The van der Waals surface area contributed by atoms with Crippen LogP contribution in [0.1, 0.15) is 99.3 Å². The Morgan fingerprint density at radius 1 is 0.651 bits per heavy atom. The molecular weight excluding hydrogens is 828 g/mol. The summed E-state index contributed by atoms with van der Waals surface area (Å²) in [6, 6.07) is 0. The Kier molecular flexibility index (Phi) is 14.2. The van der Waals surface area contributed by atoms with Crippen LogP contribution in [0.15, 0.2) is 0 Å². The molecule has 0 aromatic carbocycles. The van der Waals surface area contributed by atoms with Crippen LogP contribution in [0.4, 0.5) is 0 Å². The van der Waals surface area contributed by atoms with Crippen molar-refractivity contribution >= 4 is 0 Å². The molecule has 8 rings (SSSR count). The third-order valence-corrected chi connectivity index (χ3v) is 17.9. The average molecular weight is 905 g/mol.